The average molecular weight is 244 g/mol. The first-order valence-corrected chi connectivity index (χ1v) is 6.24. The van der Waals surface area contributed by atoms with Crippen LogP contribution in [0.15, 0.2) is 29.1 Å². The lowest BCUT2D eigenvalue weighted by Crippen LogP contribution is -2.25. The summed E-state index contributed by atoms with van der Waals surface area (Å²) in [4.78, 5) is 14.4. The van der Waals surface area contributed by atoms with Crippen LogP contribution in [-0.4, -0.2) is 11.5 Å². The molecule has 0 saturated heterocycles. The van der Waals surface area contributed by atoms with Crippen molar-refractivity contribution < 1.29 is 0 Å². The fourth-order valence-electron chi connectivity index (χ4n) is 2.10. The number of benzene rings is 1. The van der Waals surface area contributed by atoms with Crippen molar-refractivity contribution in [1.29, 1.82) is 0 Å². The number of hydrogen-bond donors (Lipinski definition) is 2. The number of nitrogens with two attached hydrogens (primary N) is 1. The molecule has 1 aromatic carbocycles. The van der Waals surface area contributed by atoms with Gasteiger partial charge in [0.15, 0.2) is 0 Å². The Morgan fingerprint density at radius 3 is 2.67 bits per heavy atom. The Kier molecular flexibility index (Phi) is 3.26. The van der Waals surface area contributed by atoms with Gasteiger partial charge in [-0.25, -0.2) is 0 Å². The molecule has 3 N–H and O–H groups in total. The largest absolute Gasteiger partial charge is 0.330 e. The fourth-order valence-corrected chi connectivity index (χ4v) is 2.10. The number of nitrogens with one attached hydrogen (secondary N) is 1. The summed E-state index contributed by atoms with van der Waals surface area (Å²) < 4.78 is 0. The molecule has 18 heavy (non-hydrogen) atoms. The molecule has 0 radical (unpaired) electrons. The van der Waals surface area contributed by atoms with Crippen molar-refractivity contribution >= 4 is 10.9 Å². The number of aromatic amines is 1. The summed E-state index contributed by atoms with van der Waals surface area (Å²) in [6, 6.07) is 8.10. The second-order valence-corrected chi connectivity index (χ2v) is 5.75. The summed E-state index contributed by atoms with van der Waals surface area (Å²) in [6.07, 6.45) is 0.942. The minimum absolute atomic E-state index is 0.0162. The molecule has 0 saturated carbocycles. The van der Waals surface area contributed by atoms with Crippen LogP contribution >= 0.6 is 0 Å². The van der Waals surface area contributed by atoms with E-state index in [2.05, 4.69) is 31.0 Å². The zero-order valence-corrected chi connectivity index (χ0v) is 11.2. The number of aryl methyl sites for hydroxylation is 1. The van der Waals surface area contributed by atoms with E-state index in [9.17, 15) is 4.79 Å². The van der Waals surface area contributed by atoms with Crippen LogP contribution in [0.25, 0.3) is 10.9 Å². The van der Waals surface area contributed by atoms with Crippen LogP contribution in [0, 0.1) is 12.3 Å². The molecule has 96 valence electrons. The van der Waals surface area contributed by atoms with Crippen molar-refractivity contribution in [2.75, 3.05) is 6.54 Å². The van der Waals surface area contributed by atoms with Gasteiger partial charge in [0.2, 0.25) is 0 Å². The first kappa shape index (κ1) is 12.8. The Morgan fingerprint density at radius 2 is 2.00 bits per heavy atom. The number of H-pyrrole nitrogens is 1. The predicted octanol–water partition coefficient (Wildman–Crippen LogP) is 2.36. The number of rotatable bonds is 3. The van der Waals surface area contributed by atoms with Crippen molar-refractivity contribution in [3.63, 3.8) is 0 Å². The van der Waals surface area contributed by atoms with E-state index in [1.54, 1.807) is 0 Å². The minimum Gasteiger partial charge on any atom is -0.330 e. The number of hydrogen-bond acceptors (Lipinski definition) is 2. The van der Waals surface area contributed by atoms with Crippen molar-refractivity contribution in [1.82, 2.24) is 4.98 Å². The van der Waals surface area contributed by atoms with Gasteiger partial charge in [0.1, 0.15) is 0 Å². The molecule has 0 aliphatic carbocycles. The standard InChI is InChI=1S/C15H20N2O/c1-10-6-12-7-11(8-15(2,3)9-16)4-5-13(12)17-14(10)18/h4-7H,8-9,16H2,1-3H3,(H,17,18). The predicted molar refractivity (Wildman–Crippen MR) is 75.8 cm³/mol. The van der Waals surface area contributed by atoms with Crippen LogP contribution in [0.4, 0.5) is 0 Å². The third-order valence-electron chi connectivity index (χ3n) is 3.33. The Morgan fingerprint density at radius 1 is 1.28 bits per heavy atom. The summed E-state index contributed by atoms with van der Waals surface area (Å²) in [7, 11) is 0. The van der Waals surface area contributed by atoms with Crippen LogP contribution in [0.3, 0.4) is 0 Å². The molecule has 0 fully saturated rings. The lowest BCUT2D eigenvalue weighted by atomic mass is 9.85. The highest BCUT2D eigenvalue weighted by molar-refractivity contribution is 5.79. The number of aromatic nitrogens is 1. The molecule has 0 amide bonds. The van der Waals surface area contributed by atoms with Crippen molar-refractivity contribution in [2.24, 2.45) is 11.1 Å². The first-order chi connectivity index (χ1) is 8.41. The van der Waals surface area contributed by atoms with Crippen LogP contribution in [0.1, 0.15) is 25.0 Å². The van der Waals surface area contributed by atoms with E-state index < -0.39 is 0 Å². The van der Waals surface area contributed by atoms with Crippen LogP contribution in [0.2, 0.25) is 0 Å². The summed E-state index contributed by atoms with van der Waals surface area (Å²) in [6.45, 7) is 6.81. The van der Waals surface area contributed by atoms with Gasteiger partial charge >= 0.3 is 0 Å². The molecule has 1 heterocycles. The first-order valence-electron chi connectivity index (χ1n) is 6.24. The van der Waals surface area contributed by atoms with Gasteiger partial charge in [0, 0.05) is 11.1 Å². The molecule has 3 heteroatoms. The highest BCUT2D eigenvalue weighted by atomic mass is 16.1. The molecule has 0 aliphatic rings. The highest BCUT2D eigenvalue weighted by Crippen LogP contribution is 2.22. The molecule has 0 atom stereocenters. The second kappa shape index (κ2) is 4.58. The molecule has 0 unspecified atom stereocenters. The SMILES string of the molecule is Cc1cc2cc(CC(C)(C)CN)ccc2[nH]c1=O. The van der Waals surface area contributed by atoms with Gasteiger partial charge in [-0.1, -0.05) is 19.9 Å². The highest BCUT2D eigenvalue weighted by Gasteiger charge is 2.16. The van der Waals surface area contributed by atoms with Crippen molar-refractivity contribution in [2.45, 2.75) is 27.2 Å². The van der Waals surface area contributed by atoms with Gasteiger partial charge in [-0.2, -0.15) is 0 Å². The molecule has 1 aromatic heterocycles. The Bertz CT molecular complexity index is 626. The fraction of sp³-hybridized carbons (Fsp3) is 0.400. The molecule has 0 spiro atoms. The topological polar surface area (TPSA) is 58.9 Å². The monoisotopic (exact) mass is 244 g/mol. The van der Waals surface area contributed by atoms with Crippen LogP contribution < -0.4 is 11.3 Å². The molecule has 0 bridgehead atoms. The smallest absolute Gasteiger partial charge is 0.251 e. The zero-order valence-electron chi connectivity index (χ0n) is 11.2. The van der Waals surface area contributed by atoms with E-state index in [1.807, 2.05) is 19.1 Å². The molecule has 3 nitrogen and oxygen atoms in total. The third kappa shape index (κ3) is 2.62. The summed E-state index contributed by atoms with van der Waals surface area (Å²) >= 11 is 0. The van der Waals surface area contributed by atoms with E-state index in [1.165, 1.54) is 5.56 Å². The molecular weight excluding hydrogens is 224 g/mol. The summed E-state index contributed by atoms with van der Waals surface area (Å²) in [5, 5.41) is 1.08. The van der Waals surface area contributed by atoms with Crippen molar-refractivity contribution in [3.05, 3.63) is 45.7 Å². The molecular formula is C15H20N2O. The summed E-state index contributed by atoms with van der Waals surface area (Å²) in [5.41, 5.74) is 8.74. The maximum Gasteiger partial charge on any atom is 0.251 e. The van der Waals surface area contributed by atoms with Gasteiger partial charge in [0.05, 0.1) is 0 Å². The molecule has 2 rings (SSSR count). The van der Waals surface area contributed by atoms with E-state index in [4.69, 9.17) is 5.73 Å². The maximum atomic E-state index is 11.5. The summed E-state index contributed by atoms with van der Waals surface area (Å²) in [5.74, 6) is 0. The van der Waals surface area contributed by atoms with E-state index >= 15 is 0 Å². The Hall–Kier alpha value is -1.61. The number of fused-ring (bicyclic) bond motifs is 1. The van der Waals surface area contributed by atoms with Gasteiger partial charge in [-0.3, -0.25) is 4.79 Å². The average Bonchev–Trinajstić information content (AvgIpc) is 2.31. The van der Waals surface area contributed by atoms with E-state index in [0.29, 0.717) is 6.54 Å². The van der Waals surface area contributed by atoms with Crippen molar-refractivity contribution in [3.8, 4) is 0 Å². The van der Waals surface area contributed by atoms with Gasteiger partial charge < -0.3 is 10.7 Å². The molecule has 0 aliphatic heterocycles. The van der Waals surface area contributed by atoms with Gasteiger partial charge in [-0.05, 0) is 54.5 Å². The van der Waals surface area contributed by atoms with Gasteiger partial charge in [0.25, 0.3) is 5.56 Å². The minimum atomic E-state index is -0.0162. The molecule has 2 aromatic rings. The van der Waals surface area contributed by atoms with Crippen LogP contribution in [0.5, 0.6) is 0 Å². The maximum absolute atomic E-state index is 11.5. The zero-order chi connectivity index (χ0) is 13.3. The Labute approximate surface area is 107 Å². The lowest BCUT2D eigenvalue weighted by molar-refractivity contribution is 0.377. The quantitative estimate of drug-likeness (QED) is 0.870. The van der Waals surface area contributed by atoms with Crippen LogP contribution in [-0.2, 0) is 6.42 Å². The lowest BCUT2D eigenvalue weighted by Gasteiger charge is -2.22. The normalized spacial score (nSPS) is 12.0. The third-order valence-corrected chi connectivity index (χ3v) is 3.33. The van der Waals surface area contributed by atoms with Gasteiger partial charge in [-0.15, -0.1) is 0 Å². The number of pyridine rings is 1. The second-order valence-electron chi connectivity index (χ2n) is 5.75. The van der Waals surface area contributed by atoms with E-state index in [0.717, 1.165) is 22.9 Å². The van der Waals surface area contributed by atoms with E-state index in [-0.39, 0.29) is 11.0 Å². The Balaban J connectivity index is 2.44.